The first-order chi connectivity index (χ1) is 11.2. The second kappa shape index (κ2) is 7.21. The van der Waals surface area contributed by atoms with Gasteiger partial charge < -0.3 is 0 Å². The Kier molecular flexibility index (Phi) is 4.84. The predicted octanol–water partition coefficient (Wildman–Crippen LogP) is 5.54. The molecule has 3 rings (SSSR count). The van der Waals surface area contributed by atoms with Gasteiger partial charge in [-0.15, -0.1) is 11.3 Å². The smallest absolute Gasteiger partial charge is 0.185 e. The highest BCUT2D eigenvalue weighted by Crippen LogP contribution is 2.21. The lowest BCUT2D eigenvalue weighted by atomic mass is 10.1. The van der Waals surface area contributed by atoms with Crippen molar-refractivity contribution in [2.75, 3.05) is 0 Å². The van der Waals surface area contributed by atoms with Crippen LogP contribution in [0.25, 0.3) is 6.08 Å². The lowest BCUT2D eigenvalue weighted by molar-refractivity contribution is 0.104. The van der Waals surface area contributed by atoms with Crippen LogP contribution in [0.3, 0.4) is 0 Å². The molecule has 0 bridgehead atoms. The van der Waals surface area contributed by atoms with Crippen molar-refractivity contribution in [3.05, 3.63) is 99.3 Å². The van der Waals surface area contributed by atoms with Gasteiger partial charge in [0.2, 0.25) is 0 Å². The molecule has 0 saturated carbocycles. The molecule has 114 valence electrons. The second-order valence-electron chi connectivity index (χ2n) is 5.53. The average molecular weight is 318 g/mol. The fourth-order valence-corrected chi connectivity index (χ4v) is 3.38. The molecule has 0 N–H and O–H groups in total. The van der Waals surface area contributed by atoms with Crippen molar-refractivity contribution >= 4 is 23.2 Å². The molecule has 23 heavy (non-hydrogen) atoms. The zero-order valence-electron chi connectivity index (χ0n) is 13.0. The normalized spacial score (nSPS) is 11.0. The standard InChI is InChI=1S/C21H18OS/c1-16-6-5-9-18(14-16)21(22)13-12-19-10-11-20(23-19)15-17-7-3-2-4-8-17/h2-14H,15H2,1H3/b13-12+. The lowest BCUT2D eigenvalue weighted by Gasteiger charge is -1.97. The van der Waals surface area contributed by atoms with Crippen LogP contribution in [-0.4, -0.2) is 5.78 Å². The Morgan fingerprint density at radius 2 is 1.83 bits per heavy atom. The molecule has 0 aliphatic carbocycles. The molecule has 0 radical (unpaired) electrons. The molecule has 1 nitrogen and oxygen atoms in total. The van der Waals surface area contributed by atoms with Gasteiger partial charge in [0.25, 0.3) is 0 Å². The van der Waals surface area contributed by atoms with Gasteiger partial charge in [0, 0.05) is 21.7 Å². The Bertz CT molecular complexity index is 828. The van der Waals surface area contributed by atoms with E-state index in [-0.39, 0.29) is 5.78 Å². The number of carbonyl (C=O) groups is 1. The van der Waals surface area contributed by atoms with E-state index in [0.717, 1.165) is 22.4 Å². The molecule has 3 aromatic rings. The van der Waals surface area contributed by atoms with E-state index < -0.39 is 0 Å². The number of allylic oxidation sites excluding steroid dienone is 1. The first-order valence-electron chi connectivity index (χ1n) is 7.62. The van der Waals surface area contributed by atoms with Gasteiger partial charge in [-0.3, -0.25) is 4.79 Å². The van der Waals surface area contributed by atoms with Crippen molar-refractivity contribution in [1.82, 2.24) is 0 Å². The maximum Gasteiger partial charge on any atom is 0.185 e. The third kappa shape index (κ3) is 4.27. The van der Waals surface area contributed by atoms with E-state index in [0.29, 0.717) is 0 Å². The van der Waals surface area contributed by atoms with Crippen LogP contribution in [0.5, 0.6) is 0 Å². The summed E-state index contributed by atoms with van der Waals surface area (Å²) in [5.41, 5.74) is 3.15. The summed E-state index contributed by atoms with van der Waals surface area (Å²) < 4.78 is 0. The van der Waals surface area contributed by atoms with E-state index >= 15 is 0 Å². The number of benzene rings is 2. The SMILES string of the molecule is Cc1cccc(C(=O)/C=C/c2ccc(Cc3ccccc3)s2)c1. The van der Waals surface area contributed by atoms with Crippen LogP contribution in [0.4, 0.5) is 0 Å². The topological polar surface area (TPSA) is 17.1 Å². The van der Waals surface area contributed by atoms with Crippen LogP contribution in [0.15, 0.2) is 72.8 Å². The van der Waals surface area contributed by atoms with Gasteiger partial charge in [0.15, 0.2) is 5.78 Å². The molecule has 0 aliphatic heterocycles. The minimum Gasteiger partial charge on any atom is -0.289 e. The van der Waals surface area contributed by atoms with Crippen molar-refractivity contribution < 1.29 is 4.79 Å². The number of aryl methyl sites for hydroxylation is 1. The number of ketones is 1. The van der Waals surface area contributed by atoms with Gasteiger partial charge in [-0.2, -0.15) is 0 Å². The number of hydrogen-bond acceptors (Lipinski definition) is 2. The van der Waals surface area contributed by atoms with Crippen molar-refractivity contribution in [2.24, 2.45) is 0 Å². The fourth-order valence-electron chi connectivity index (χ4n) is 2.43. The fraction of sp³-hybridized carbons (Fsp3) is 0.0952. The van der Waals surface area contributed by atoms with Gasteiger partial charge in [0.05, 0.1) is 0 Å². The number of thiophene rings is 1. The van der Waals surface area contributed by atoms with Gasteiger partial charge in [0.1, 0.15) is 0 Å². The highest BCUT2D eigenvalue weighted by molar-refractivity contribution is 7.12. The zero-order chi connectivity index (χ0) is 16.1. The summed E-state index contributed by atoms with van der Waals surface area (Å²) in [5.74, 6) is 0.0479. The monoisotopic (exact) mass is 318 g/mol. The minimum atomic E-state index is 0.0479. The van der Waals surface area contributed by atoms with Gasteiger partial charge in [-0.05, 0) is 42.8 Å². The molecule has 0 unspecified atom stereocenters. The van der Waals surface area contributed by atoms with Gasteiger partial charge >= 0.3 is 0 Å². The van der Waals surface area contributed by atoms with Crippen LogP contribution in [0.1, 0.15) is 31.2 Å². The van der Waals surface area contributed by atoms with E-state index in [4.69, 9.17) is 0 Å². The summed E-state index contributed by atoms with van der Waals surface area (Å²) in [5, 5.41) is 0. The lowest BCUT2D eigenvalue weighted by Crippen LogP contribution is -1.93. The quantitative estimate of drug-likeness (QED) is 0.445. The van der Waals surface area contributed by atoms with Gasteiger partial charge in [-0.25, -0.2) is 0 Å². The molecule has 0 fully saturated rings. The van der Waals surface area contributed by atoms with Crippen molar-refractivity contribution in [3.8, 4) is 0 Å². The van der Waals surface area contributed by atoms with Crippen LogP contribution >= 0.6 is 11.3 Å². The zero-order valence-corrected chi connectivity index (χ0v) is 13.8. The molecule has 0 spiro atoms. The largest absolute Gasteiger partial charge is 0.289 e. The molecule has 1 aromatic heterocycles. The number of carbonyl (C=O) groups excluding carboxylic acids is 1. The Labute approximate surface area is 140 Å². The summed E-state index contributed by atoms with van der Waals surface area (Å²) >= 11 is 1.73. The predicted molar refractivity (Wildman–Crippen MR) is 98.1 cm³/mol. The molecule has 0 aliphatic rings. The molecule has 0 amide bonds. The van der Waals surface area contributed by atoms with E-state index in [2.05, 4.69) is 36.4 Å². The summed E-state index contributed by atoms with van der Waals surface area (Å²) in [4.78, 5) is 14.6. The highest BCUT2D eigenvalue weighted by atomic mass is 32.1. The summed E-state index contributed by atoms with van der Waals surface area (Å²) in [7, 11) is 0. The Morgan fingerprint density at radius 1 is 1.00 bits per heavy atom. The summed E-state index contributed by atoms with van der Waals surface area (Å²) in [6, 6.07) is 22.3. The molecular formula is C21H18OS. The van der Waals surface area contributed by atoms with Crippen molar-refractivity contribution in [2.45, 2.75) is 13.3 Å². The number of hydrogen-bond donors (Lipinski definition) is 0. The molecule has 2 heteroatoms. The maximum atomic E-state index is 12.2. The Hall–Kier alpha value is -2.45. The first kappa shape index (κ1) is 15.4. The minimum absolute atomic E-state index is 0.0479. The summed E-state index contributed by atoms with van der Waals surface area (Å²) in [6.45, 7) is 2.00. The van der Waals surface area contributed by atoms with Crippen LogP contribution in [0, 0.1) is 6.92 Å². The van der Waals surface area contributed by atoms with Crippen molar-refractivity contribution in [1.29, 1.82) is 0 Å². The van der Waals surface area contributed by atoms with Gasteiger partial charge in [-0.1, -0.05) is 54.1 Å². The van der Waals surface area contributed by atoms with Crippen LogP contribution in [0.2, 0.25) is 0 Å². The van der Waals surface area contributed by atoms with E-state index in [1.165, 1.54) is 10.4 Å². The Balaban J connectivity index is 1.68. The van der Waals surface area contributed by atoms with Crippen LogP contribution in [-0.2, 0) is 6.42 Å². The molecular weight excluding hydrogens is 300 g/mol. The van der Waals surface area contributed by atoms with E-state index in [1.54, 1.807) is 17.4 Å². The summed E-state index contributed by atoms with van der Waals surface area (Å²) in [6.07, 6.45) is 4.50. The number of rotatable bonds is 5. The Morgan fingerprint density at radius 3 is 2.61 bits per heavy atom. The first-order valence-corrected chi connectivity index (χ1v) is 8.44. The third-order valence-corrected chi connectivity index (χ3v) is 4.66. The molecule has 0 saturated heterocycles. The van der Waals surface area contributed by atoms with E-state index in [1.807, 2.05) is 43.3 Å². The molecule has 2 aromatic carbocycles. The maximum absolute atomic E-state index is 12.2. The average Bonchev–Trinajstić information content (AvgIpc) is 3.01. The second-order valence-corrected chi connectivity index (χ2v) is 6.73. The van der Waals surface area contributed by atoms with Crippen LogP contribution < -0.4 is 0 Å². The molecule has 0 atom stereocenters. The third-order valence-electron chi connectivity index (χ3n) is 3.61. The highest BCUT2D eigenvalue weighted by Gasteiger charge is 2.03. The molecule has 1 heterocycles. The van der Waals surface area contributed by atoms with E-state index in [9.17, 15) is 4.79 Å². The van der Waals surface area contributed by atoms with Crippen molar-refractivity contribution in [3.63, 3.8) is 0 Å².